The molecule has 3 unspecified atom stereocenters. The Morgan fingerprint density at radius 2 is 2.20 bits per heavy atom. The van der Waals surface area contributed by atoms with Gasteiger partial charge in [0.05, 0.1) is 0 Å². The molecule has 0 amide bonds. The molecule has 1 N–H and O–H groups in total. The molecule has 2 nitrogen and oxygen atoms in total. The number of hydrogen-bond acceptors (Lipinski definition) is 2. The van der Waals surface area contributed by atoms with E-state index in [-0.39, 0.29) is 0 Å². The molecule has 0 heterocycles. The Bertz CT molecular complexity index is 452. The molecule has 1 aromatic carbocycles. The first-order valence-electron chi connectivity index (χ1n) is 7.32. The molecule has 0 aromatic heterocycles. The lowest BCUT2D eigenvalue weighted by atomic mass is 10.0. The topological polar surface area (TPSA) is 15.3 Å². The second-order valence-corrected chi connectivity index (χ2v) is 7.35. The summed E-state index contributed by atoms with van der Waals surface area (Å²) in [5, 5.41) is 4.22. The maximum absolute atomic E-state index is 6.35. The number of halogens is 2. The van der Waals surface area contributed by atoms with E-state index in [4.69, 9.17) is 11.6 Å². The van der Waals surface area contributed by atoms with Crippen molar-refractivity contribution < 1.29 is 0 Å². The first-order chi connectivity index (χ1) is 9.51. The summed E-state index contributed by atoms with van der Waals surface area (Å²) < 4.78 is 1.03. The van der Waals surface area contributed by atoms with E-state index in [1.54, 1.807) is 0 Å². The Balaban J connectivity index is 1.88. The van der Waals surface area contributed by atoms with Crippen LogP contribution in [0.3, 0.4) is 0 Å². The Kier molecular flexibility index (Phi) is 5.91. The summed E-state index contributed by atoms with van der Waals surface area (Å²) in [6, 6.07) is 6.45. The highest BCUT2D eigenvalue weighted by atomic mass is 79.9. The molecule has 1 aliphatic rings. The van der Waals surface area contributed by atoms with Gasteiger partial charge in [-0.25, -0.2) is 0 Å². The van der Waals surface area contributed by atoms with E-state index in [0.29, 0.717) is 6.04 Å². The summed E-state index contributed by atoms with van der Waals surface area (Å²) in [6.07, 6.45) is 2.48. The maximum atomic E-state index is 6.35. The number of hydrogen-bond donors (Lipinski definition) is 1. The summed E-state index contributed by atoms with van der Waals surface area (Å²) in [6.45, 7) is 4.67. The SMILES string of the molecule is CNC(CCN(C)CC1CC1C)c1ccc(Br)cc1Cl. The Labute approximate surface area is 136 Å². The molecule has 112 valence electrons. The van der Waals surface area contributed by atoms with Crippen LogP contribution in [-0.2, 0) is 0 Å². The second kappa shape index (κ2) is 7.26. The number of nitrogens with one attached hydrogen (secondary N) is 1. The van der Waals surface area contributed by atoms with E-state index >= 15 is 0 Å². The van der Waals surface area contributed by atoms with E-state index < -0.39 is 0 Å². The third-order valence-electron chi connectivity index (χ3n) is 4.31. The van der Waals surface area contributed by atoms with Crippen LogP contribution in [0.1, 0.15) is 31.4 Å². The van der Waals surface area contributed by atoms with Crippen LogP contribution in [0.4, 0.5) is 0 Å². The first-order valence-corrected chi connectivity index (χ1v) is 8.49. The van der Waals surface area contributed by atoms with Crippen molar-refractivity contribution in [3.05, 3.63) is 33.3 Å². The fourth-order valence-electron chi connectivity index (χ4n) is 2.73. The van der Waals surface area contributed by atoms with Gasteiger partial charge in [0, 0.05) is 22.1 Å². The molecule has 20 heavy (non-hydrogen) atoms. The summed E-state index contributed by atoms with van der Waals surface area (Å²) in [7, 11) is 4.23. The number of rotatable bonds is 7. The van der Waals surface area contributed by atoms with E-state index in [1.165, 1.54) is 18.5 Å². The Morgan fingerprint density at radius 1 is 1.50 bits per heavy atom. The van der Waals surface area contributed by atoms with Crippen LogP contribution in [0.25, 0.3) is 0 Å². The van der Waals surface area contributed by atoms with E-state index in [9.17, 15) is 0 Å². The predicted octanol–water partition coefficient (Wildman–Crippen LogP) is 4.34. The monoisotopic (exact) mass is 358 g/mol. The van der Waals surface area contributed by atoms with Crippen molar-refractivity contribution in [2.75, 3.05) is 27.2 Å². The predicted molar refractivity (Wildman–Crippen MR) is 90.3 cm³/mol. The summed E-state index contributed by atoms with van der Waals surface area (Å²) in [5.41, 5.74) is 1.19. The highest BCUT2D eigenvalue weighted by Crippen LogP contribution is 2.38. The van der Waals surface area contributed by atoms with Crippen molar-refractivity contribution >= 4 is 27.5 Å². The van der Waals surface area contributed by atoms with Crippen LogP contribution >= 0.6 is 27.5 Å². The molecular weight excluding hydrogens is 336 g/mol. The van der Waals surface area contributed by atoms with Crippen LogP contribution in [-0.4, -0.2) is 32.1 Å². The highest BCUT2D eigenvalue weighted by Gasteiger charge is 2.33. The number of nitrogens with zero attached hydrogens (tertiary/aromatic N) is 1. The molecule has 1 saturated carbocycles. The van der Waals surface area contributed by atoms with Crippen molar-refractivity contribution in [1.82, 2.24) is 10.2 Å². The van der Waals surface area contributed by atoms with Crippen molar-refractivity contribution in [3.63, 3.8) is 0 Å². The van der Waals surface area contributed by atoms with Crippen molar-refractivity contribution in [2.45, 2.75) is 25.8 Å². The van der Waals surface area contributed by atoms with Gasteiger partial charge in [0.2, 0.25) is 0 Å². The molecule has 1 aliphatic carbocycles. The molecule has 0 aliphatic heterocycles. The molecule has 1 aromatic rings. The first kappa shape index (κ1) is 16.3. The average molecular weight is 360 g/mol. The van der Waals surface area contributed by atoms with Gasteiger partial charge in [-0.1, -0.05) is 40.5 Å². The van der Waals surface area contributed by atoms with Gasteiger partial charge in [-0.05, 0) is 63.0 Å². The molecule has 4 heteroatoms. The van der Waals surface area contributed by atoms with Gasteiger partial charge in [-0.3, -0.25) is 0 Å². The Hall–Kier alpha value is -0.0900. The van der Waals surface area contributed by atoms with Gasteiger partial charge in [0.25, 0.3) is 0 Å². The third-order valence-corrected chi connectivity index (χ3v) is 5.13. The lowest BCUT2D eigenvalue weighted by molar-refractivity contribution is 0.295. The maximum Gasteiger partial charge on any atom is 0.0465 e. The van der Waals surface area contributed by atoms with Crippen LogP contribution in [0.5, 0.6) is 0 Å². The van der Waals surface area contributed by atoms with Crippen LogP contribution in [0.15, 0.2) is 22.7 Å². The molecule has 3 atom stereocenters. The van der Waals surface area contributed by atoms with E-state index in [1.807, 2.05) is 13.1 Å². The minimum absolute atomic E-state index is 0.315. The lowest BCUT2D eigenvalue weighted by Gasteiger charge is -2.22. The molecule has 0 saturated heterocycles. The average Bonchev–Trinajstić information content (AvgIpc) is 3.07. The van der Waals surface area contributed by atoms with E-state index in [0.717, 1.165) is 34.3 Å². The molecular formula is C16H24BrClN2. The quantitative estimate of drug-likeness (QED) is 0.779. The van der Waals surface area contributed by atoms with Crippen molar-refractivity contribution in [3.8, 4) is 0 Å². The van der Waals surface area contributed by atoms with Crippen LogP contribution < -0.4 is 5.32 Å². The minimum Gasteiger partial charge on any atom is -0.313 e. The molecule has 0 spiro atoms. The molecule has 0 radical (unpaired) electrons. The van der Waals surface area contributed by atoms with Gasteiger partial charge in [-0.2, -0.15) is 0 Å². The van der Waals surface area contributed by atoms with Gasteiger partial charge < -0.3 is 10.2 Å². The van der Waals surface area contributed by atoms with Crippen LogP contribution in [0, 0.1) is 11.8 Å². The standard InChI is InChI=1S/C16H24BrClN2/c1-11-8-12(11)10-20(3)7-6-16(19-2)14-5-4-13(17)9-15(14)18/h4-5,9,11-12,16,19H,6-8,10H2,1-3H3. The summed E-state index contributed by atoms with van der Waals surface area (Å²) in [4.78, 5) is 2.45. The summed E-state index contributed by atoms with van der Waals surface area (Å²) in [5.74, 6) is 1.85. The van der Waals surface area contributed by atoms with E-state index in [2.05, 4.69) is 52.3 Å². The third kappa shape index (κ3) is 4.45. The fourth-order valence-corrected chi connectivity index (χ4v) is 3.54. The fraction of sp³-hybridized carbons (Fsp3) is 0.625. The number of benzene rings is 1. The lowest BCUT2D eigenvalue weighted by Crippen LogP contribution is -2.27. The smallest absolute Gasteiger partial charge is 0.0465 e. The largest absolute Gasteiger partial charge is 0.313 e. The molecule has 0 bridgehead atoms. The van der Waals surface area contributed by atoms with Crippen LogP contribution in [0.2, 0.25) is 5.02 Å². The highest BCUT2D eigenvalue weighted by molar-refractivity contribution is 9.10. The van der Waals surface area contributed by atoms with Crippen molar-refractivity contribution in [2.24, 2.45) is 11.8 Å². The molecule has 2 rings (SSSR count). The van der Waals surface area contributed by atoms with Gasteiger partial charge in [0.1, 0.15) is 0 Å². The van der Waals surface area contributed by atoms with Crippen molar-refractivity contribution in [1.29, 1.82) is 0 Å². The zero-order valence-electron chi connectivity index (χ0n) is 12.5. The Morgan fingerprint density at radius 3 is 2.75 bits per heavy atom. The van der Waals surface area contributed by atoms with Gasteiger partial charge >= 0.3 is 0 Å². The van der Waals surface area contributed by atoms with Gasteiger partial charge in [0.15, 0.2) is 0 Å². The summed E-state index contributed by atoms with van der Waals surface area (Å²) >= 11 is 9.80. The zero-order valence-corrected chi connectivity index (χ0v) is 14.8. The second-order valence-electron chi connectivity index (χ2n) is 6.03. The minimum atomic E-state index is 0.315. The normalized spacial score (nSPS) is 23.1. The van der Waals surface area contributed by atoms with Gasteiger partial charge in [-0.15, -0.1) is 0 Å². The zero-order chi connectivity index (χ0) is 14.7. The molecule has 1 fully saturated rings.